The van der Waals surface area contributed by atoms with Gasteiger partial charge in [-0.25, -0.2) is 4.79 Å². The molecule has 4 unspecified atom stereocenters. The van der Waals surface area contributed by atoms with Crippen LogP contribution in [0.2, 0.25) is 0 Å². The van der Waals surface area contributed by atoms with Gasteiger partial charge < -0.3 is 14.2 Å². The average Bonchev–Trinajstić information content (AvgIpc) is 3.09. The van der Waals surface area contributed by atoms with Crippen LogP contribution in [-0.4, -0.2) is 51.7 Å². The van der Waals surface area contributed by atoms with Crippen molar-refractivity contribution in [2.45, 2.75) is 64.9 Å². The van der Waals surface area contributed by atoms with Gasteiger partial charge in [-0.3, -0.25) is 4.18 Å². The van der Waals surface area contributed by atoms with Gasteiger partial charge in [0, 0.05) is 7.11 Å². The minimum atomic E-state index is -3.72. The van der Waals surface area contributed by atoms with Gasteiger partial charge in [-0.1, -0.05) is 36.4 Å². The van der Waals surface area contributed by atoms with Crippen molar-refractivity contribution in [3.63, 3.8) is 0 Å². The Balaban J connectivity index is 1.30. The Hall–Kier alpha value is -2.85. The Morgan fingerprint density at radius 2 is 1.50 bits per heavy atom. The highest BCUT2D eigenvalue weighted by molar-refractivity contribution is 8.17. The number of hydrogen-bond donors (Lipinski definition) is 1. The lowest BCUT2D eigenvalue weighted by atomic mass is 9.91. The molecule has 0 N–H and O–H groups in total. The SMILES string of the molecule is COC1C2OS(=O)(=O)C1CCC2OC(=O)COc1c(C)cc([SH](c2ccccc2)c2ccccc2)cc1C. The number of carbonyl (C=O) groups is 1. The molecule has 3 aromatic carbocycles. The van der Waals surface area contributed by atoms with Gasteiger partial charge in [0.2, 0.25) is 0 Å². The van der Waals surface area contributed by atoms with Crippen LogP contribution in [-0.2, 0) is 28.6 Å². The molecule has 202 valence electrons. The molecule has 1 saturated heterocycles. The monoisotopic (exact) mass is 556 g/mol. The van der Waals surface area contributed by atoms with Crippen molar-refractivity contribution < 1.29 is 31.6 Å². The maximum atomic E-state index is 12.7. The molecule has 1 aliphatic heterocycles. The van der Waals surface area contributed by atoms with Crippen LogP contribution in [0.1, 0.15) is 24.0 Å². The number of methoxy groups -OCH3 is 1. The molecule has 3 aromatic rings. The van der Waals surface area contributed by atoms with E-state index < -0.39 is 50.5 Å². The summed E-state index contributed by atoms with van der Waals surface area (Å²) in [6, 6.07) is 25.2. The van der Waals surface area contributed by atoms with Crippen LogP contribution in [0.4, 0.5) is 0 Å². The molecule has 7 nitrogen and oxygen atoms in total. The zero-order valence-electron chi connectivity index (χ0n) is 21.6. The van der Waals surface area contributed by atoms with Crippen molar-refractivity contribution in [1.29, 1.82) is 0 Å². The molecule has 0 radical (unpaired) electrons. The molecule has 1 saturated carbocycles. The lowest BCUT2D eigenvalue weighted by molar-refractivity contribution is -0.162. The van der Waals surface area contributed by atoms with Gasteiger partial charge >= 0.3 is 5.97 Å². The summed E-state index contributed by atoms with van der Waals surface area (Å²) in [5.41, 5.74) is 1.86. The summed E-state index contributed by atoms with van der Waals surface area (Å²) in [4.78, 5) is 16.4. The molecule has 2 bridgehead atoms. The third-order valence-corrected chi connectivity index (χ3v) is 11.2. The Labute approximate surface area is 226 Å². The summed E-state index contributed by atoms with van der Waals surface area (Å²) in [7, 11) is -3.04. The van der Waals surface area contributed by atoms with E-state index in [2.05, 4.69) is 60.7 Å². The molecule has 0 aromatic heterocycles. The van der Waals surface area contributed by atoms with E-state index >= 15 is 0 Å². The Morgan fingerprint density at radius 3 is 2.05 bits per heavy atom. The molecule has 1 aliphatic carbocycles. The maximum Gasteiger partial charge on any atom is 0.344 e. The van der Waals surface area contributed by atoms with Gasteiger partial charge in [-0.2, -0.15) is 19.3 Å². The van der Waals surface area contributed by atoms with E-state index in [1.165, 1.54) is 21.8 Å². The number of ether oxygens (including phenoxy) is 3. The van der Waals surface area contributed by atoms with Crippen LogP contribution < -0.4 is 4.74 Å². The van der Waals surface area contributed by atoms with Gasteiger partial charge in [0.15, 0.2) is 6.61 Å². The predicted molar refractivity (Wildman–Crippen MR) is 146 cm³/mol. The second-order valence-electron chi connectivity index (χ2n) is 9.60. The van der Waals surface area contributed by atoms with Crippen LogP contribution in [0, 0.1) is 13.8 Å². The van der Waals surface area contributed by atoms with Crippen LogP contribution in [0.3, 0.4) is 0 Å². The second-order valence-corrected chi connectivity index (χ2v) is 13.6. The van der Waals surface area contributed by atoms with E-state index in [1.54, 1.807) is 0 Å². The van der Waals surface area contributed by atoms with Crippen LogP contribution in [0.25, 0.3) is 0 Å². The van der Waals surface area contributed by atoms with Crippen LogP contribution in [0.5, 0.6) is 5.75 Å². The van der Waals surface area contributed by atoms with Gasteiger partial charge in [-0.15, -0.1) is 0 Å². The molecule has 0 spiro atoms. The molecule has 2 fully saturated rings. The van der Waals surface area contributed by atoms with E-state index in [9.17, 15) is 13.2 Å². The topological polar surface area (TPSA) is 88.1 Å². The number of thiol groups is 1. The highest BCUT2D eigenvalue weighted by Crippen LogP contribution is 2.52. The molecule has 5 rings (SSSR count). The molecule has 9 heteroatoms. The van der Waals surface area contributed by atoms with E-state index in [1.807, 2.05) is 26.0 Å². The first-order valence-electron chi connectivity index (χ1n) is 12.6. The van der Waals surface area contributed by atoms with Crippen molar-refractivity contribution >= 4 is 27.0 Å². The number of rotatable bonds is 8. The number of fused-ring (bicyclic) bond motifs is 2. The van der Waals surface area contributed by atoms with E-state index in [0.717, 1.165) is 11.1 Å². The van der Waals surface area contributed by atoms with Crippen molar-refractivity contribution in [1.82, 2.24) is 0 Å². The quantitative estimate of drug-likeness (QED) is 0.238. The molecule has 2 aliphatic rings. The minimum Gasteiger partial charge on any atom is -0.481 e. The molecular formula is C29H32O7S2. The Morgan fingerprint density at radius 1 is 0.921 bits per heavy atom. The summed E-state index contributed by atoms with van der Waals surface area (Å²) in [6.45, 7) is 3.66. The van der Waals surface area contributed by atoms with Crippen molar-refractivity contribution in [2.75, 3.05) is 13.7 Å². The highest BCUT2D eigenvalue weighted by Gasteiger charge is 2.56. The Kier molecular flexibility index (Phi) is 7.81. The summed E-state index contributed by atoms with van der Waals surface area (Å²) in [5, 5.41) is -0.718. The second kappa shape index (κ2) is 11.1. The average molecular weight is 557 g/mol. The largest absolute Gasteiger partial charge is 0.481 e. The van der Waals surface area contributed by atoms with Crippen molar-refractivity contribution in [3.05, 3.63) is 83.9 Å². The lowest BCUT2D eigenvalue weighted by Gasteiger charge is -2.31. The van der Waals surface area contributed by atoms with Gasteiger partial charge in [0.05, 0.1) is 0 Å². The first-order chi connectivity index (χ1) is 18.3. The number of benzene rings is 3. The number of hydrogen-bond acceptors (Lipinski definition) is 7. The molecule has 4 atom stereocenters. The molecule has 0 amide bonds. The van der Waals surface area contributed by atoms with Gasteiger partial charge in [-0.05, 0) is 88.9 Å². The first-order valence-corrected chi connectivity index (χ1v) is 15.4. The minimum absolute atomic E-state index is 0.287. The fourth-order valence-electron chi connectivity index (χ4n) is 5.36. The zero-order valence-corrected chi connectivity index (χ0v) is 23.3. The highest BCUT2D eigenvalue weighted by atomic mass is 32.2. The summed E-state index contributed by atoms with van der Waals surface area (Å²) >= 11 is 0. The predicted octanol–water partition coefficient (Wildman–Crippen LogP) is 4.98. The summed E-state index contributed by atoms with van der Waals surface area (Å²) in [6.07, 6.45) is -1.45. The number of esters is 1. The zero-order chi connectivity index (χ0) is 26.9. The lowest BCUT2D eigenvalue weighted by Crippen LogP contribution is -2.47. The van der Waals surface area contributed by atoms with E-state index in [0.29, 0.717) is 18.6 Å². The first kappa shape index (κ1) is 26.7. The van der Waals surface area contributed by atoms with E-state index in [-0.39, 0.29) is 6.61 Å². The van der Waals surface area contributed by atoms with Crippen LogP contribution >= 0.6 is 10.9 Å². The third kappa shape index (κ3) is 5.33. The number of carbonyl (C=O) groups excluding carboxylic acids is 1. The van der Waals surface area contributed by atoms with Crippen molar-refractivity contribution in [3.8, 4) is 5.75 Å². The molecule has 1 heterocycles. The fourth-order valence-corrected chi connectivity index (χ4v) is 9.55. The standard InChI is InChI=1S/C29H32O7S2/c1-19-16-23(37(21-10-6-4-7-11-21)22-12-8-5-9-13-22)17-20(2)27(19)34-18-26(30)35-24-14-15-25-29(33-3)28(24)36-38(25,31)32/h4-13,16-17,24-25,28-29,37H,14-15,18H2,1-3H3. The molecular weight excluding hydrogens is 524 g/mol. The molecule has 38 heavy (non-hydrogen) atoms. The third-order valence-electron chi connectivity index (χ3n) is 7.03. The smallest absolute Gasteiger partial charge is 0.344 e. The van der Waals surface area contributed by atoms with Gasteiger partial charge in [0.1, 0.15) is 29.3 Å². The number of aryl methyl sites for hydroxylation is 2. The Bertz CT molecular complexity index is 1330. The van der Waals surface area contributed by atoms with Crippen molar-refractivity contribution in [2.24, 2.45) is 0 Å². The van der Waals surface area contributed by atoms with Crippen LogP contribution in [0.15, 0.2) is 87.5 Å². The van der Waals surface area contributed by atoms with E-state index in [4.69, 9.17) is 18.4 Å². The maximum absolute atomic E-state index is 12.7. The normalized spacial score (nSPS) is 24.0. The summed E-state index contributed by atoms with van der Waals surface area (Å²) in [5.74, 6) is 0.0647. The fraction of sp³-hybridized carbons (Fsp3) is 0.345. The summed E-state index contributed by atoms with van der Waals surface area (Å²) < 4.78 is 46.6. The van der Waals surface area contributed by atoms with Gasteiger partial charge in [0.25, 0.3) is 10.1 Å².